The van der Waals surface area contributed by atoms with Gasteiger partial charge in [0.15, 0.2) is 5.03 Å². The number of sulfonamides is 1. The fourth-order valence-corrected chi connectivity index (χ4v) is 7.32. The Morgan fingerprint density at radius 2 is 1.73 bits per heavy atom. The summed E-state index contributed by atoms with van der Waals surface area (Å²) in [7, 11) is -4.18. The number of benzene rings is 2. The number of hydrogen-bond donors (Lipinski definition) is 2. The molecule has 1 aromatic heterocycles. The number of hydrogen-bond acceptors (Lipinski definition) is 7. The first kappa shape index (κ1) is 27.0. The molecule has 3 N–H and O–H groups in total. The van der Waals surface area contributed by atoms with E-state index in [1.807, 2.05) is 74.5 Å². The van der Waals surface area contributed by atoms with Gasteiger partial charge < -0.3 is 9.84 Å². The number of cyclic esters (lactones) is 1. The summed E-state index contributed by atoms with van der Waals surface area (Å²) in [5.74, 6) is -1.39. The number of nitrogens with zero attached hydrogens (tertiary/aromatic N) is 1. The highest BCUT2D eigenvalue weighted by molar-refractivity contribution is 7.89. The number of rotatable bonds is 10. The third-order valence-corrected chi connectivity index (χ3v) is 8.93. The van der Waals surface area contributed by atoms with Crippen LogP contribution in [0.1, 0.15) is 62.3 Å². The summed E-state index contributed by atoms with van der Waals surface area (Å²) in [6.07, 6.45) is 3.22. The van der Waals surface area contributed by atoms with Crippen molar-refractivity contribution < 1.29 is 23.1 Å². The largest absolute Gasteiger partial charge is 0.512 e. The molecule has 0 fully saturated rings. The van der Waals surface area contributed by atoms with Gasteiger partial charge in [0, 0.05) is 17.9 Å². The maximum absolute atomic E-state index is 13.5. The number of aliphatic hydroxyl groups is 1. The van der Waals surface area contributed by atoms with Crippen molar-refractivity contribution in [1.82, 2.24) is 4.98 Å². The van der Waals surface area contributed by atoms with Gasteiger partial charge in [0.25, 0.3) is 10.0 Å². The lowest BCUT2D eigenvalue weighted by molar-refractivity contribution is -0.161. The predicted molar refractivity (Wildman–Crippen MR) is 145 cm³/mol. The first-order chi connectivity index (χ1) is 17.7. The molecule has 196 valence electrons. The number of aromatic nitrogens is 1. The molecule has 2 atom stereocenters. The molecule has 0 spiro atoms. The molecule has 1 aliphatic heterocycles. The fraction of sp³-hybridized carbons (Fsp3) is 0.357. The zero-order valence-electron chi connectivity index (χ0n) is 21.0. The van der Waals surface area contributed by atoms with E-state index in [1.165, 1.54) is 0 Å². The molecule has 9 heteroatoms. The van der Waals surface area contributed by atoms with Gasteiger partial charge in [-0.05, 0) is 31.2 Å². The van der Waals surface area contributed by atoms with Crippen LogP contribution in [-0.4, -0.2) is 30.1 Å². The summed E-state index contributed by atoms with van der Waals surface area (Å²) in [5, 5.41) is 17.0. The Morgan fingerprint density at radius 3 is 2.30 bits per heavy atom. The minimum atomic E-state index is -4.18. The van der Waals surface area contributed by atoms with Crippen LogP contribution in [0.2, 0.25) is 0 Å². The molecule has 3 aromatic rings. The van der Waals surface area contributed by atoms with Crippen molar-refractivity contribution >= 4 is 27.3 Å². The van der Waals surface area contributed by atoms with E-state index in [0.29, 0.717) is 35.6 Å². The minimum absolute atomic E-state index is 0.0559. The Kier molecular flexibility index (Phi) is 8.16. The van der Waals surface area contributed by atoms with Crippen LogP contribution in [-0.2, 0) is 26.0 Å². The van der Waals surface area contributed by atoms with Gasteiger partial charge in [-0.15, -0.1) is 11.3 Å². The maximum Gasteiger partial charge on any atom is 0.338 e. The normalized spacial score (nSPS) is 19.1. The standard InChI is InChI=1S/C28H32N2O5S2/c1-3-16-28(17-15-19-11-7-5-8-12-19)18-22(31)23(27(32)35-28)21(4-2)24-26(37(29,33)34)30-25(36-24)20-13-9-6-10-14-20/h5-14,21,31H,3-4,15-18H2,1-2H3,(H2,29,33,34). The molecule has 1 aliphatic rings. The maximum atomic E-state index is 13.5. The Hall–Kier alpha value is -3.01. The quantitative estimate of drug-likeness (QED) is 0.310. The lowest BCUT2D eigenvalue weighted by Gasteiger charge is -2.38. The monoisotopic (exact) mass is 540 g/mol. The number of aliphatic hydroxyl groups excluding tert-OH is 1. The molecule has 2 aromatic carbocycles. The van der Waals surface area contributed by atoms with E-state index in [4.69, 9.17) is 9.88 Å². The van der Waals surface area contributed by atoms with Gasteiger partial charge >= 0.3 is 5.97 Å². The van der Waals surface area contributed by atoms with Gasteiger partial charge in [0.2, 0.25) is 0 Å². The lowest BCUT2D eigenvalue weighted by Crippen LogP contribution is -2.41. The van der Waals surface area contributed by atoms with E-state index in [-0.39, 0.29) is 22.8 Å². The van der Waals surface area contributed by atoms with E-state index in [1.54, 1.807) is 0 Å². The number of primary sulfonamides is 1. The summed E-state index contributed by atoms with van der Waals surface area (Å²) >= 11 is 1.16. The number of aryl methyl sites for hydroxylation is 1. The number of ether oxygens (including phenoxy) is 1. The van der Waals surface area contributed by atoms with Crippen molar-refractivity contribution in [1.29, 1.82) is 0 Å². The highest BCUT2D eigenvalue weighted by Gasteiger charge is 2.44. The van der Waals surface area contributed by atoms with E-state index in [2.05, 4.69) is 4.98 Å². The van der Waals surface area contributed by atoms with Gasteiger partial charge in [-0.25, -0.2) is 23.3 Å². The van der Waals surface area contributed by atoms with E-state index in [0.717, 1.165) is 28.9 Å². The third-order valence-electron chi connectivity index (χ3n) is 6.73. The van der Waals surface area contributed by atoms with Crippen LogP contribution in [0.3, 0.4) is 0 Å². The van der Waals surface area contributed by atoms with Gasteiger partial charge in [-0.2, -0.15) is 0 Å². The molecule has 2 unspecified atom stereocenters. The van der Waals surface area contributed by atoms with Gasteiger partial charge in [0.05, 0.1) is 10.5 Å². The third kappa shape index (κ3) is 5.95. The van der Waals surface area contributed by atoms with Crippen molar-refractivity contribution in [3.8, 4) is 10.6 Å². The van der Waals surface area contributed by atoms with E-state index >= 15 is 0 Å². The zero-order chi connectivity index (χ0) is 26.6. The molecular formula is C28H32N2O5S2. The second-order valence-corrected chi connectivity index (χ2v) is 11.9. The number of nitrogens with two attached hydrogens (primary N) is 1. The highest BCUT2D eigenvalue weighted by Crippen LogP contribution is 2.45. The van der Waals surface area contributed by atoms with Crippen molar-refractivity contribution in [2.24, 2.45) is 5.14 Å². The fourth-order valence-electron chi connectivity index (χ4n) is 4.99. The van der Waals surface area contributed by atoms with Crippen LogP contribution in [0.25, 0.3) is 10.6 Å². The molecule has 0 aliphatic carbocycles. The van der Waals surface area contributed by atoms with Gasteiger partial charge in [-0.3, -0.25) is 0 Å². The smallest absolute Gasteiger partial charge is 0.338 e. The average Bonchev–Trinajstić information content (AvgIpc) is 3.32. The van der Waals surface area contributed by atoms with E-state index < -0.39 is 27.5 Å². The topological polar surface area (TPSA) is 120 Å². The molecule has 0 bridgehead atoms. The first-order valence-electron chi connectivity index (χ1n) is 12.5. The number of esters is 1. The first-order valence-corrected chi connectivity index (χ1v) is 14.8. The predicted octanol–water partition coefficient (Wildman–Crippen LogP) is 5.88. The molecule has 0 saturated carbocycles. The van der Waals surface area contributed by atoms with Crippen LogP contribution in [0.4, 0.5) is 0 Å². The van der Waals surface area contributed by atoms with E-state index in [9.17, 15) is 18.3 Å². The molecule has 0 radical (unpaired) electrons. The molecular weight excluding hydrogens is 508 g/mol. The summed E-state index contributed by atoms with van der Waals surface area (Å²) in [4.78, 5) is 18.1. The van der Waals surface area contributed by atoms with Crippen LogP contribution < -0.4 is 5.14 Å². The summed E-state index contributed by atoms with van der Waals surface area (Å²) < 4.78 is 31.1. The minimum Gasteiger partial charge on any atom is -0.512 e. The Balaban J connectivity index is 1.72. The molecule has 0 amide bonds. The van der Waals surface area contributed by atoms with Crippen LogP contribution >= 0.6 is 11.3 Å². The van der Waals surface area contributed by atoms with Crippen LogP contribution in [0, 0.1) is 0 Å². The molecule has 2 heterocycles. The summed E-state index contributed by atoms with van der Waals surface area (Å²) in [6.45, 7) is 3.85. The van der Waals surface area contributed by atoms with Crippen molar-refractivity contribution in [2.75, 3.05) is 0 Å². The Labute approximate surface area is 222 Å². The molecule has 7 nitrogen and oxygen atoms in total. The molecule has 4 rings (SSSR count). The van der Waals surface area contributed by atoms with Gasteiger partial charge in [0.1, 0.15) is 16.4 Å². The Bertz CT molecular complexity index is 1380. The van der Waals surface area contributed by atoms with Crippen LogP contribution in [0.5, 0.6) is 0 Å². The summed E-state index contributed by atoms with van der Waals surface area (Å²) in [5.41, 5.74) is 1.14. The zero-order valence-corrected chi connectivity index (χ0v) is 22.6. The van der Waals surface area contributed by atoms with Crippen molar-refractivity contribution in [3.05, 3.63) is 82.4 Å². The van der Waals surface area contributed by atoms with Crippen molar-refractivity contribution in [2.45, 2.75) is 68.9 Å². The second-order valence-electron chi connectivity index (χ2n) is 9.41. The van der Waals surface area contributed by atoms with Crippen LogP contribution in [0.15, 0.2) is 77.0 Å². The van der Waals surface area contributed by atoms with Gasteiger partial charge in [-0.1, -0.05) is 80.9 Å². The molecule has 37 heavy (non-hydrogen) atoms. The summed E-state index contributed by atoms with van der Waals surface area (Å²) in [6, 6.07) is 19.1. The van der Waals surface area contributed by atoms with Crippen molar-refractivity contribution in [3.63, 3.8) is 0 Å². The highest BCUT2D eigenvalue weighted by atomic mass is 32.2. The number of carbonyl (C=O) groups excluding carboxylic acids is 1. The SMILES string of the molecule is CCCC1(CCc2ccccc2)CC(O)=C(C(CC)c2sc(-c3ccccc3)nc2S(N)(=O)=O)C(=O)O1. The number of thiazole rings is 1. The number of carbonyl (C=O) groups is 1. The second kappa shape index (κ2) is 11.2. The Morgan fingerprint density at radius 1 is 1.08 bits per heavy atom. The molecule has 0 saturated heterocycles. The lowest BCUT2D eigenvalue weighted by atomic mass is 9.81. The average molecular weight is 541 g/mol.